The van der Waals surface area contributed by atoms with Gasteiger partial charge in [0.25, 0.3) is 5.91 Å². The highest BCUT2D eigenvalue weighted by Crippen LogP contribution is 2.39. The maximum Gasteiger partial charge on any atom is 0.299 e. The Hall–Kier alpha value is -3.24. The van der Waals surface area contributed by atoms with Gasteiger partial charge in [-0.25, -0.2) is 0 Å². The summed E-state index contributed by atoms with van der Waals surface area (Å²) in [5.41, 5.74) is 3.69. The summed E-state index contributed by atoms with van der Waals surface area (Å²) in [5.74, 6) is 2.71. The van der Waals surface area contributed by atoms with Crippen molar-refractivity contribution in [3.63, 3.8) is 0 Å². The summed E-state index contributed by atoms with van der Waals surface area (Å²) in [6, 6.07) is 15.0. The molecule has 0 aliphatic carbocycles. The van der Waals surface area contributed by atoms with Crippen LogP contribution in [0.3, 0.4) is 0 Å². The summed E-state index contributed by atoms with van der Waals surface area (Å²) in [5, 5.41) is 9.02. The first-order valence-corrected chi connectivity index (χ1v) is 8.04. The Balaban J connectivity index is 2.16. The number of carbonyl (C=O) groups is 1. The first kappa shape index (κ1) is 16.6. The van der Waals surface area contributed by atoms with Gasteiger partial charge in [0.15, 0.2) is 0 Å². The number of nitrogens with zero attached hydrogens (tertiary/aromatic N) is 2. The Morgan fingerprint density at radius 2 is 2.00 bits per heavy atom. The molecule has 2 atom stereocenters. The van der Waals surface area contributed by atoms with E-state index >= 15 is 0 Å². The lowest BCUT2D eigenvalue weighted by Gasteiger charge is -2.41. The minimum atomic E-state index is -0.330. The molecule has 0 bridgehead atoms. The predicted molar refractivity (Wildman–Crippen MR) is 94.8 cm³/mol. The molecule has 2 aromatic rings. The zero-order chi connectivity index (χ0) is 18.0. The number of hydrogen-bond acceptors (Lipinski definition) is 3. The summed E-state index contributed by atoms with van der Waals surface area (Å²) in [7, 11) is 1.64. The van der Waals surface area contributed by atoms with Crippen molar-refractivity contribution in [1.82, 2.24) is 4.90 Å². The van der Waals surface area contributed by atoms with Crippen molar-refractivity contribution in [3.8, 4) is 24.2 Å². The highest BCUT2D eigenvalue weighted by Gasteiger charge is 2.35. The van der Waals surface area contributed by atoms with E-state index < -0.39 is 0 Å². The number of nitriles is 1. The van der Waals surface area contributed by atoms with Gasteiger partial charge in [0.05, 0.1) is 24.8 Å². The number of terminal acetylenes is 1. The van der Waals surface area contributed by atoms with Crippen molar-refractivity contribution in [2.45, 2.75) is 25.4 Å². The quantitative estimate of drug-likeness (QED) is 0.795. The van der Waals surface area contributed by atoms with Crippen LogP contribution in [0.25, 0.3) is 0 Å². The summed E-state index contributed by atoms with van der Waals surface area (Å²) in [4.78, 5) is 14.2. The number of rotatable bonds is 2. The number of ether oxygens (including phenoxy) is 1. The molecule has 1 aliphatic rings. The molecule has 4 nitrogen and oxygen atoms in total. The van der Waals surface area contributed by atoms with E-state index in [4.69, 9.17) is 16.4 Å². The Kier molecular flexibility index (Phi) is 4.46. The summed E-state index contributed by atoms with van der Waals surface area (Å²) < 4.78 is 5.33. The Morgan fingerprint density at radius 3 is 2.60 bits per heavy atom. The maximum atomic E-state index is 12.4. The monoisotopic (exact) mass is 330 g/mol. The van der Waals surface area contributed by atoms with Crippen LogP contribution < -0.4 is 4.74 Å². The third kappa shape index (κ3) is 2.95. The number of fused-ring (bicyclic) bond motifs is 1. The average Bonchev–Trinajstić information content (AvgIpc) is 2.65. The maximum absolute atomic E-state index is 12.4. The molecule has 25 heavy (non-hydrogen) atoms. The van der Waals surface area contributed by atoms with Crippen molar-refractivity contribution in [2.75, 3.05) is 7.11 Å². The third-order valence-corrected chi connectivity index (χ3v) is 4.63. The molecule has 0 radical (unpaired) electrons. The second kappa shape index (κ2) is 6.71. The van der Waals surface area contributed by atoms with Crippen LogP contribution in [0, 0.1) is 23.7 Å². The highest BCUT2D eigenvalue weighted by molar-refractivity contribution is 5.94. The van der Waals surface area contributed by atoms with Gasteiger partial charge in [-0.1, -0.05) is 18.2 Å². The molecular weight excluding hydrogens is 312 g/mol. The highest BCUT2D eigenvalue weighted by atomic mass is 16.5. The van der Waals surface area contributed by atoms with Gasteiger partial charge < -0.3 is 9.64 Å². The van der Waals surface area contributed by atoms with Gasteiger partial charge in [0, 0.05) is 6.04 Å². The normalized spacial score (nSPS) is 18.6. The van der Waals surface area contributed by atoms with E-state index in [1.165, 1.54) is 0 Å². The van der Waals surface area contributed by atoms with Crippen LogP contribution in [0.15, 0.2) is 42.5 Å². The molecule has 1 heterocycles. The van der Waals surface area contributed by atoms with Gasteiger partial charge in [0.1, 0.15) is 5.75 Å². The van der Waals surface area contributed by atoms with Gasteiger partial charge in [-0.05, 0) is 60.2 Å². The molecule has 0 unspecified atom stereocenters. The number of carbonyl (C=O) groups excluding carboxylic acids is 1. The van der Waals surface area contributed by atoms with E-state index in [9.17, 15) is 4.79 Å². The van der Waals surface area contributed by atoms with E-state index in [1.807, 2.05) is 37.3 Å². The first-order chi connectivity index (χ1) is 12.1. The summed E-state index contributed by atoms with van der Waals surface area (Å²) >= 11 is 0. The fourth-order valence-electron chi connectivity index (χ4n) is 3.45. The fraction of sp³-hybridized carbons (Fsp3) is 0.238. The molecule has 3 rings (SSSR count). The summed E-state index contributed by atoms with van der Waals surface area (Å²) in [6.45, 7) is 1.99. The zero-order valence-electron chi connectivity index (χ0n) is 14.2. The topological polar surface area (TPSA) is 53.3 Å². The van der Waals surface area contributed by atoms with Gasteiger partial charge in [0.2, 0.25) is 0 Å². The smallest absolute Gasteiger partial charge is 0.299 e. The molecule has 0 aromatic heterocycles. The van der Waals surface area contributed by atoms with Crippen LogP contribution in [0.2, 0.25) is 0 Å². The minimum absolute atomic E-state index is 0.0381. The largest absolute Gasteiger partial charge is 0.497 e. The average molecular weight is 330 g/mol. The van der Waals surface area contributed by atoms with Crippen LogP contribution in [0.4, 0.5) is 0 Å². The molecule has 0 saturated carbocycles. The molecule has 1 amide bonds. The Labute approximate surface area is 147 Å². The molecule has 0 spiro atoms. The minimum Gasteiger partial charge on any atom is -0.497 e. The Bertz CT molecular complexity index is 888. The molecule has 0 fully saturated rings. The van der Waals surface area contributed by atoms with Crippen LogP contribution >= 0.6 is 0 Å². The molecular formula is C21H18N2O2. The number of benzene rings is 2. The van der Waals surface area contributed by atoms with E-state index in [0.29, 0.717) is 12.0 Å². The second-order valence-electron chi connectivity index (χ2n) is 6.11. The van der Waals surface area contributed by atoms with Crippen LogP contribution in [0.1, 0.15) is 35.2 Å². The lowest BCUT2D eigenvalue weighted by atomic mass is 9.84. The third-order valence-electron chi connectivity index (χ3n) is 4.63. The first-order valence-electron chi connectivity index (χ1n) is 8.04. The molecule has 0 saturated heterocycles. The number of hydrogen-bond donors (Lipinski definition) is 0. The van der Waals surface area contributed by atoms with Crippen LogP contribution in [-0.4, -0.2) is 24.0 Å². The Morgan fingerprint density at radius 1 is 1.28 bits per heavy atom. The van der Waals surface area contributed by atoms with Crippen molar-refractivity contribution >= 4 is 5.91 Å². The molecule has 0 N–H and O–H groups in total. The van der Waals surface area contributed by atoms with Crippen molar-refractivity contribution < 1.29 is 9.53 Å². The van der Waals surface area contributed by atoms with E-state index in [-0.39, 0.29) is 18.0 Å². The zero-order valence-corrected chi connectivity index (χ0v) is 14.2. The molecule has 1 aliphatic heterocycles. The fourth-order valence-corrected chi connectivity index (χ4v) is 3.45. The lowest BCUT2D eigenvalue weighted by Crippen LogP contribution is -2.45. The standard InChI is InChI=1S/C21H18N2O2/c1-4-20(24)23-14(2)11-17-12-18(25-3)9-10-19(17)21(23)16-7-5-15(13-22)6-8-16/h1,5-10,12,14,21H,11H2,2-3H3/t14-,21-/m0/s1. The van der Waals surface area contributed by atoms with Crippen molar-refractivity contribution in [3.05, 3.63) is 64.7 Å². The predicted octanol–water partition coefficient (Wildman–Crippen LogP) is 3.06. The number of amides is 1. The van der Waals surface area contributed by atoms with Gasteiger partial charge >= 0.3 is 0 Å². The summed E-state index contributed by atoms with van der Waals surface area (Å²) in [6.07, 6.45) is 6.13. The van der Waals surface area contributed by atoms with E-state index in [0.717, 1.165) is 22.4 Å². The van der Waals surface area contributed by atoms with E-state index in [2.05, 4.69) is 12.0 Å². The SMILES string of the molecule is C#CC(=O)N1[C@@H](c2ccc(C#N)cc2)c2ccc(OC)cc2C[C@@H]1C. The van der Waals surface area contributed by atoms with Gasteiger partial charge in [-0.2, -0.15) is 5.26 Å². The van der Waals surface area contributed by atoms with Gasteiger partial charge in [-0.3, -0.25) is 4.79 Å². The number of methoxy groups -OCH3 is 1. The van der Waals surface area contributed by atoms with E-state index in [1.54, 1.807) is 24.1 Å². The lowest BCUT2D eigenvalue weighted by molar-refractivity contribution is -0.129. The molecule has 2 aromatic carbocycles. The van der Waals surface area contributed by atoms with Crippen LogP contribution in [-0.2, 0) is 11.2 Å². The van der Waals surface area contributed by atoms with Gasteiger partial charge in [-0.15, -0.1) is 6.42 Å². The van der Waals surface area contributed by atoms with Crippen molar-refractivity contribution in [1.29, 1.82) is 5.26 Å². The van der Waals surface area contributed by atoms with Crippen molar-refractivity contribution in [2.24, 2.45) is 0 Å². The second-order valence-corrected chi connectivity index (χ2v) is 6.11. The van der Waals surface area contributed by atoms with Crippen LogP contribution in [0.5, 0.6) is 5.75 Å². The molecule has 124 valence electrons. The molecule has 4 heteroatoms.